The summed E-state index contributed by atoms with van der Waals surface area (Å²) in [5.41, 5.74) is 2.27. The van der Waals surface area contributed by atoms with Crippen molar-refractivity contribution >= 4 is 23.2 Å². The zero-order valence-electron chi connectivity index (χ0n) is 16.3. The van der Waals surface area contributed by atoms with Crippen molar-refractivity contribution in [2.45, 2.75) is 18.9 Å². The molecule has 0 bridgehead atoms. The van der Waals surface area contributed by atoms with Crippen LogP contribution in [0.4, 0.5) is 0 Å². The molecule has 152 valence electrons. The lowest BCUT2D eigenvalue weighted by Crippen LogP contribution is -2.49. The third-order valence-corrected chi connectivity index (χ3v) is 5.86. The molecule has 3 rings (SSSR count). The second-order valence-corrected chi connectivity index (χ2v) is 8.18. The standard InChI is InChI=1S/C22H28Cl2N2O2/c1-28-21-6-2-17(3-7-21)14-20(27)16-26-12-10-25(11-13-26)9-8-18-4-5-19(23)15-22(18)24/h2-7,15,20,27H,8-14,16H2,1H3. The van der Waals surface area contributed by atoms with Gasteiger partial charge in [0, 0.05) is 49.3 Å². The maximum absolute atomic E-state index is 10.4. The molecule has 4 nitrogen and oxygen atoms in total. The topological polar surface area (TPSA) is 35.9 Å². The molecule has 1 fully saturated rings. The fourth-order valence-corrected chi connectivity index (χ4v) is 4.10. The number of methoxy groups -OCH3 is 1. The Morgan fingerprint density at radius 1 is 1.00 bits per heavy atom. The van der Waals surface area contributed by atoms with Gasteiger partial charge in [0.05, 0.1) is 13.2 Å². The zero-order chi connectivity index (χ0) is 19.9. The van der Waals surface area contributed by atoms with Crippen LogP contribution in [-0.4, -0.2) is 67.4 Å². The highest BCUT2D eigenvalue weighted by atomic mass is 35.5. The van der Waals surface area contributed by atoms with Gasteiger partial charge < -0.3 is 14.7 Å². The predicted molar refractivity (Wildman–Crippen MR) is 116 cm³/mol. The minimum Gasteiger partial charge on any atom is -0.497 e. The summed E-state index contributed by atoms with van der Waals surface area (Å²) in [6.07, 6.45) is 1.24. The predicted octanol–water partition coefficient (Wildman–Crippen LogP) is 3.77. The number of aliphatic hydroxyl groups is 1. The van der Waals surface area contributed by atoms with Crippen LogP contribution < -0.4 is 4.74 Å². The number of hydrogen-bond acceptors (Lipinski definition) is 4. The average molecular weight is 423 g/mol. The van der Waals surface area contributed by atoms with Gasteiger partial charge in [-0.15, -0.1) is 0 Å². The Labute approximate surface area is 177 Å². The number of piperazine rings is 1. The van der Waals surface area contributed by atoms with Gasteiger partial charge in [-0.25, -0.2) is 0 Å². The van der Waals surface area contributed by atoms with E-state index >= 15 is 0 Å². The minimum atomic E-state index is -0.354. The van der Waals surface area contributed by atoms with E-state index in [1.165, 1.54) is 0 Å². The van der Waals surface area contributed by atoms with Crippen molar-refractivity contribution in [3.8, 4) is 5.75 Å². The van der Waals surface area contributed by atoms with Gasteiger partial charge in [-0.3, -0.25) is 4.90 Å². The van der Waals surface area contributed by atoms with Crippen molar-refractivity contribution in [1.29, 1.82) is 0 Å². The average Bonchev–Trinajstić information content (AvgIpc) is 2.69. The Kier molecular flexibility index (Phi) is 8.00. The van der Waals surface area contributed by atoms with Crippen LogP contribution in [0.15, 0.2) is 42.5 Å². The quantitative estimate of drug-likeness (QED) is 0.702. The number of benzene rings is 2. The molecule has 0 amide bonds. The summed E-state index contributed by atoms with van der Waals surface area (Å²) in [7, 11) is 1.66. The Morgan fingerprint density at radius 3 is 2.32 bits per heavy atom. The fourth-order valence-electron chi connectivity index (χ4n) is 3.59. The van der Waals surface area contributed by atoms with Crippen molar-refractivity contribution < 1.29 is 9.84 Å². The number of aliphatic hydroxyl groups excluding tert-OH is 1. The third-order valence-electron chi connectivity index (χ3n) is 5.28. The highest BCUT2D eigenvalue weighted by Gasteiger charge is 2.19. The maximum Gasteiger partial charge on any atom is 0.118 e. The molecule has 1 saturated heterocycles. The van der Waals surface area contributed by atoms with Crippen molar-refractivity contribution in [2.24, 2.45) is 0 Å². The van der Waals surface area contributed by atoms with Crippen LogP contribution in [0.5, 0.6) is 5.75 Å². The van der Waals surface area contributed by atoms with Crippen LogP contribution in [0, 0.1) is 0 Å². The van der Waals surface area contributed by atoms with Crippen LogP contribution in [0.25, 0.3) is 0 Å². The molecule has 1 N–H and O–H groups in total. The SMILES string of the molecule is COc1ccc(CC(O)CN2CCN(CCc3ccc(Cl)cc3Cl)CC2)cc1. The molecular formula is C22H28Cl2N2O2. The minimum absolute atomic E-state index is 0.354. The van der Waals surface area contributed by atoms with Gasteiger partial charge in [-0.05, 0) is 48.2 Å². The van der Waals surface area contributed by atoms with E-state index in [1.54, 1.807) is 13.2 Å². The number of hydrogen-bond donors (Lipinski definition) is 1. The summed E-state index contributed by atoms with van der Waals surface area (Å²) < 4.78 is 5.18. The molecule has 2 aromatic rings. The highest BCUT2D eigenvalue weighted by molar-refractivity contribution is 6.35. The van der Waals surface area contributed by atoms with E-state index in [0.717, 1.165) is 61.0 Å². The van der Waals surface area contributed by atoms with E-state index in [2.05, 4.69) is 9.80 Å². The van der Waals surface area contributed by atoms with Crippen LogP contribution in [0.2, 0.25) is 10.0 Å². The zero-order valence-corrected chi connectivity index (χ0v) is 17.8. The van der Waals surface area contributed by atoms with Crippen LogP contribution >= 0.6 is 23.2 Å². The summed E-state index contributed by atoms with van der Waals surface area (Å²) in [6, 6.07) is 13.6. The van der Waals surface area contributed by atoms with Gasteiger partial charge in [0.25, 0.3) is 0 Å². The van der Waals surface area contributed by atoms with Gasteiger partial charge >= 0.3 is 0 Å². The third kappa shape index (κ3) is 6.36. The van der Waals surface area contributed by atoms with Crippen LogP contribution in [-0.2, 0) is 12.8 Å². The van der Waals surface area contributed by atoms with Crippen LogP contribution in [0.1, 0.15) is 11.1 Å². The van der Waals surface area contributed by atoms with Crippen molar-refractivity contribution in [3.63, 3.8) is 0 Å². The second-order valence-electron chi connectivity index (χ2n) is 7.33. The maximum atomic E-state index is 10.4. The first-order chi connectivity index (χ1) is 13.5. The molecule has 6 heteroatoms. The molecule has 0 aromatic heterocycles. The van der Waals surface area contributed by atoms with Crippen LogP contribution in [0.3, 0.4) is 0 Å². The molecular weight excluding hydrogens is 395 g/mol. The molecule has 0 radical (unpaired) electrons. The van der Waals surface area contributed by atoms with Crippen molar-refractivity contribution in [3.05, 3.63) is 63.6 Å². The Balaban J connectivity index is 1.38. The molecule has 0 spiro atoms. The molecule has 2 aromatic carbocycles. The van der Waals surface area contributed by atoms with E-state index < -0.39 is 0 Å². The van der Waals surface area contributed by atoms with Gasteiger partial charge in [0.15, 0.2) is 0 Å². The normalized spacial score (nSPS) is 16.9. The van der Waals surface area contributed by atoms with Gasteiger partial charge in [-0.2, -0.15) is 0 Å². The summed E-state index contributed by atoms with van der Waals surface area (Å²) in [6.45, 7) is 5.69. The number of β-amino-alcohol motifs (C(OH)–C–C–N with tert-alkyl or cyclic N) is 1. The molecule has 1 aliphatic heterocycles. The van der Waals surface area contributed by atoms with Gasteiger partial charge in [0.2, 0.25) is 0 Å². The number of ether oxygens (including phenoxy) is 1. The van der Waals surface area contributed by atoms with E-state index in [9.17, 15) is 5.11 Å². The van der Waals surface area contributed by atoms with E-state index in [-0.39, 0.29) is 6.10 Å². The van der Waals surface area contributed by atoms with Gasteiger partial charge in [0.1, 0.15) is 5.75 Å². The molecule has 28 heavy (non-hydrogen) atoms. The lowest BCUT2D eigenvalue weighted by atomic mass is 10.1. The summed E-state index contributed by atoms with van der Waals surface area (Å²) in [5.74, 6) is 0.842. The number of halogens is 2. The molecule has 1 atom stereocenters. The summed E-state index contributed by atoms with van der Waals surface area (Å²) in [5, 5.41) is 11.9. The highest BCUT2D eigenvalue weighted by Crippen LogP contribution is 2.21. The monoisotopic (exact) mass is 422 g/mol. The molecule has 0 aliphatic carbocycles. The van der Waals surface area contributed by atoms with E-state index in [1.807, 2.05) is 36.4 Å². The second kappa shape index (κ2) is 10.5. The smallest absolute Gasteiger partial charge is 0.118 e. The van der Waals surface area contributed by atoms with E-state index in [0.29, 0.717) is 18.0 Å². The Bertz CT molecular complexity index is 747. The molecule has 0 saturated carbocycles. The lowest BCUT2D eigenvalue weighted by Gasteiger charge is -2.35. The number of rotatable bonds is 8. The lowest BCUT2D eigenvalue weighted by molar-refractivity contribution is 0.0733. The molecule has 1 aliphatic rings. The fraction of sp³-hybridized carbons (Fsp3) is 0.455. The van der Waals surface area contributed by atoms with Crippen molar-refractivity contribution in [2.75, 3.05) is 46.4 Å². The van der Waals surface area contributed by atoms with E-state index in [4.69, 9.17) is 27.9 Å². The first-order valence-electron chi connectivity index (χ1n) is 9.73. The molecule has 1 heterocycles. The first-order valence-corrected chi connectivity index (χ1v) is 10.5. The summed E-state index contributed by atoms with van der Waals surface area (Å²) in [4.78, 5) is 4.80. The van der Waals surface area contributed by atoms with Crippen molar-refractivity contribution in [1.82, 2.24) is 9.80 Å². The molecule has 1 unspecified atom stereocenters. The Hall–Kier alpha value is -1.30. The summed E-state index contributed by atoms with van der Waals surface area (Å²) >= 11 is 12.2. The number of nitrogens with zero attached hydrogens (tertiary/aromatic N) is 2. The largest absolute Gasteiger partial charge is 0.497 e. The Morgan fingerprint density at radius 2 is 1.68 bits per heavy atom. The van der Waals surface area contributed by atoms with Gasteiger partial charge in [-0.1, -0.05) is 41.4 Å². The first kappa shape index (κ1) is 21.4.